The van der Waals surface area contributed by atoms with Gasteiger partial charge in [0.15, 0.2) is 0 Å². The molecule has 1 atom stereocenters. The van der Waals surface area contributed by atoms with Gasteiger partial charge >= 0.3 is 0 Å². The molecule has 1 rings (SSSR count). The molecule has 1 saturated carbocycles. The zero-order chi connectivity index (χ0) is 12.5. The Morgan fingerprint density at radius 1 is 1.47 bits per heavy atom. The predicted octanol–water partition coefficient (Wildman–Crippen LogP) is 2.19. The monoisotopic (exact) mass is 259 g/mol. The van der Waals surface area contributed by atoms with E-state index in [4.69, 9.17) is 5.11 Å². The van der Waals surface area contributed by atoms with Crippen molar-refractivity contribution in [1.29, 1.82) is 0 Å². The minimum Gasteiger partial charge on any atom is -0.396 e. The van der Waals surface area contributed by atoms with Crippen molar-refractivity contribution in [1.82, 2.24) is 5.32 Å². The third-order valence-electron chi connectivity index (χ3n) is 3.46. The van der Waals surface area contributed by atoms with Crippen molar-refractivity contribution in [3.8, 4) is 0 Å². The van der Waals surface area contributed by atoms with Crippen LogP contribution in [0.4, 0.5) is 0 Å². The number of carbonyl (C=O) groups excluding carboxylic acids is 1. The summed E-state index contributed by atoms with van der Waals surface area (Å²) in [6.07, 6.45) is 9.66. The molecule has 2 N–H and O–H groups in total. The first-order chi connectivity index (χ1) is 8.26. The van der Waals surface area contributed by atoms with Crippen LogP contribution in [0.2, 0.25) is 0 Å². The van der Waals surface area contributed by atoms with Gasteiger partial charge in [0.25, 0.3) is 0 Å². The number of hydrogen-bond acceptors (Lipinski definition) is 3. The Bertz CT molecular complexity index is 211. The Hall–Kier alpha value is -0.220. The largest absolute Gasteiger partial charge is 0.396 e. The molecular formula is C13H25NO2S. The van der Waals surface area contributed by atoms with E-state index in [2.05, 4.69) is 5.32 Å². The van der Waals surface area contributed by atoms with E-state index in [1.54, 1.807) is 11.8 Å². The Kier molecular flexibility index (Phi) is 7.69. The molecule has 0 heterocycles. The van der Waals surface area contributed by atoms with E-state index in [1.807, 2.05) is 6.26 Å². The van der Waals surface area contributed by atoms with Gasteiger partial charge < -0.3 is 10.4 Å². The lowest BCUT2D eigenvalue weighted by Gasteiger charge is -2.17. The van der Waals surface area contributed by atoms with Gasteiger partial charge in [-0.05, 0) is 25.0 Å². The zero-order valence-electron chi connectivity index (χ0n) is 10.8. The normalized spacial score (nSPS) is 18.2. The molecule has 0 aromatic carbocycles. The second kappa shape index (κ2) is 8.81. The fraction of sp³-hybridized carbons (Fsp3) is 0.923. The van der Waals surface area contributed by atoms with Gasteiger partial charge in [0.2, 0.25) is 5.91 Å². The van der Waals surface area contributed by atoms with Crippen LogP contribution in [-0.4, -0.2) is 35.7 Å². The first kappa shape index (κ1) is 14.8. The molecule has 1 amide bonds. The van der Waals surface area contributed by atoms with E-state index in [0.29, 0.717) is 12.8 Å². The van der Waals surface area contributed by atoms with Gasteiger partial charge in [-0.2, -0.15) is 11.8 Å². The lowest BCUT2D eigenvalue weighted by atomic mass is 10.0. The number of amides is 1. The van der Waals surface area contributed by atoms with Crippen molar-refractivity contribution >= 4 is 17.7 Å². The number of thioether (sulfide) groups is 1. The average molecular weight is 259 g/mol. The first-order valence-electron chi connectivity index (χ1n) is 6.65. The van der Waals surface area contributed by atoms with Gasteiger partial charge in [-0.3, -0.25) is 4.79 Å². The molecule has 0 radical (unpaired) electrons. The molecule has 0 saturated heterocycles. The van der Waals surface area contributed by atoms with E-state index >= 15 is 0 Å². The maximum absolute atomic E-state index is 11.8. The van der Waals surface area contributed by atoms with Crippen molar-refractivity contribution < 1.29 is 9.90 Å². The van der Waals surface area contributed by atoms with Crippen LogP contribution in [0.25, 0.3) is 0 Å². The third-order valence-corrected chi connectivity index (χ3v) is 4.20. The van der Waals surface area contributed by atoms with Gasteiger partial charge in [-0.15, -0.1) is 0 Å². The van der Waals surface area contributed by atoms with E-state index in [-0.39, 0.29) is 18.6 Å². The molecule has 0 bridgehead atoms. The Balaban J connectivity index is 2.16. The maximum Gasteiger partial charge on any atom is 0.220 e. The Morgan fingerprint density at radius 2 is 2.18 bits per heavy atom. The molecule has 1 aliphatic rings. The molecule has 3 nitrogen and oxygen atoms in total. The third kappa shape index (κ3) is 6.32. The summed E-state index contributed by atoms with van der Waals surface area (Å²) >= 11 is 1.71. The van der Waals surface area contributed by atoms with Gasteiger partial charge in [-0.1, -0.05) is 25.7 Å². The standard InChI is InChI=1S/C13H25NO2S/c1-17-10-12(8-9-15)14-13(16)7-6-11-4-2-3-5-11/h11-12,15H,2-10H2,1H3,(H,14,16). The number of aliphatic hydroxyl groups is 1. The second-order valence-electron chi connectivity index (χ2n) is 4.92. The number of aliphatic hydroxyl groups excluding tert-OH is 1. The summed E-state index contributed by atoms with van der Waals surface area (Å²) in [6, 6.07) is 0.131. The number of carbonyl (C=O) groups is 1. The van der Waals surface area contributed by atoms with Crippen LogP contribution in [0.5, 0.6) is 0 Å². The number of hydrogen-bond donors (Lipinski definition) is 2. The molecule has 0 aromatic heterocycles. The fourth-order valence-electron chi connectivity index (χ4n) is 2.49. The Morgan fingerprint density at radius 3 is 2.76 bits per heavy atom. The minimum atomic E-state index is 0.131. The molecule has 4 heteroatoms. The quantitative estimate of drug-likeness (QED) is 0.702. The molecule has 100 valence electrons. The van der Waals surface area contributed by atoms with Gasteiger partial charge in [0.05, 0.1) is 0 Å². The van der Waals surface area contributed by atoms with Crippen LogP contribution < -0.4 is 5.32 Å². The smallest absolute Gasteiger partial charge is 0.220 e. The first-order valence-corrected chi connectivity index (χ1v) is 8.04. The molecule has 0 aromatic rings. The topological polar surface area (TPSA) is 49.3 Å². The van der Waals surface area contributed by atoms with Gasteiger partial charge in [0, 0.05) is 24.8 Å². The van der Waals surface area contributed by atoms with E-state index < -0.39 is 0 Å². The predicted molar refractivity (Wildman–Crippen MR) is 73.2 cm³/mol. The SMILES string of the molecule is CSCC(CCO)NC(=O)CCC1CCCC1. The van der Waals surface area contributed by atoms with Crippen LogP contribution in [0.15, 0.2) is 0 Å². The highest BCUT2D eigenvalue weighted by Crippen LogP contribution is 2.28. The highest BCUT2D eigenvalue weighted by atomic mass is 32.2. The summed E-state index contributed by atoms with van der Waals surface area (Å²) in [6.45, 7) is 0.147. The summed E-state index contributed by atoms with van der Waals surface area (Å²) < 4.78 is 0. The molecule has 17 heavy (non-hydrogen) atoms. The molecule has 1 unspecified atom stereocenters. The maximum atomic E-state index is 11.8. The van der Waals surface area contributed by atoms with E-state index in [0.717, 1.165) is 18.1 Å². The minimum absolute atomic E-state index is 0.131. The Labute approximate surface area is 109 Å². The summed E-state index contributed by atoms with van der Waals surface area (Å²) in [7, 11) is 0. The zero-order valence-corrected chi connectivity index (χ0v) is 11.6. The van der Waals surface area contributed by atoms with Gasteiger partial charge in [0.1, 0.15) is 0 Å². The molecule has 1 aliphatic carbocycles. The number of nitrogens with one attached hydrogen (secondary N) is 1. The fourth-order valence-corrected chi connectivity index (χ4v) is 3.14. The lowest BCUT2D eigenvalue weighted by Crippen LogP contribution is -2.37. The van der Waals surface area contributed by atoms with Crippen LogP contribution in [0.1, 0.15) is 44.9 Å². The molecule has 0 aliphatic heterocycles. The molecule has 0 spiro atoms. The van der Waals surface area contributed by atoms with Crippen molar-refractivity contribution in [3.05, 3.63) is 0 Å². The van der Waals surface area contributed by atoms with Crippen molar-refractivity contribution in [2.24, 2.45) is 5.92 Å². The summed E-state index contributed by atoms with van der Waals surface area (Å²) in [4.78, 5) is 11.8. The highest BCUT2D eigenvalue weighted by molar-refractivity contribution is 7.98. The lowest BCUT2D eigenvalue weighted by molar-refractivity contribution is -0.122. The van der Waals surface area contributed by atoms with E-state index in [9.17, 15) is 4.79 Å². The van der Waals surface area contributed by atoms with Crippen molar-refractivity contribution in [2.45, 2.75) is 51.0 Å². The highest BCUT2D eigenvalue weighted by Gasteiger charge is 2.17. The second-order valence-corrected chi connectivity index (χ2v) is 5.83. The molecular weight excluding hydrogens is 234 g/mol. The van der Waals surface area contributed by atoms with Crippen molar-refractivity contribution in [3.63, 3.8) is 0 Å². The van der Waals surface area contributed by atoms with Crippen LogP contribution in [0, 0.1) is 5.92 Å². The van der Waals surface area contributed by atoms with Crippen LogP contribution in [0.3, 0.4) is 0 Å². The van der Waals surface area contributed by atoms with Gasteiger partial charge in [-0.25, -0.2) is 0 Å². The summed E-state index contributed by atoms with van der Waals surface area (Å²) in [5.41, 5.74) is 0. The van der Waals surface area contributed by atoms with E-state index in [1.165, 1.54) is 25.7 Å². The van der Waals surface area contributed by atoms with Crippen LogP contribution >= 0.6 is 11.8 Å². The molecule has 1 fully saturated rings. The summed E-state index contributed by atoms with van der Waals surface area (Å²) in [5.74, 6) is 1.82. The van der Waals surface area contributed by atoms with Crippen molar-refractivity contribution in [2.75, 3.05) is 18.6 Å². The van der Waals surface area contributed by atoms with Crippen LogP contribution in [-0.2, 0) is 4.79 Å². The average Bonchev–Trinajstić information content (AvgIpc) is 2.80. The summed E-state index contributed by atoms with van der Waals surface area (Å²) in [5, 5.41) is 11.9. The number of rotatable bonds is 8.